The number of carbonyl (C=O) groups is 1. The van der Waals surface area contributed by atoms with Crippen LogP contribution in [0.25, 0.3) is 0 Å². The van der Waals surface area contributed by atoms with Crippen molar-refractivity contribution in [2.24, 2.45) is 11.3 Å². The first-order chi connectivity index (χ1) is 16.2. The zero-order chi connectivity index (χ0) is 28.8. The van der Waals surface area contributed by atoms with Gasteiger partial charge >= 0.3 is 0 Å². The molecule has 2 heterocycles. The van der Waals surface area contributed by atoms with Gasteiger partial charge in [0.05, 0.1) is 22.3 Å². The molecule has 1 aromatic carbocycles. The highest BCUT2D eigenvalue weighted by Gasteiger charge is 2.39. The molecule has 4 nitrogen and oxygen atoms in total. The minimum atomic E-state index is -3.11. The Hall–Kier alpha value is -1.55. The van der Waals surface area contributed by atoms with Crippen molar-refractivity contribution < 1.29 is 32.1 Å². The Morgan fingerprint density at radius 1 is 1.33 bits per heavy atom. The SMILES string of the molecule is [2H]C([2H])([2H])Oc1cc2c(cc1OC([2H])([2H])[2H])C([2H])([2H])C([2H])([2H])N1C[C@]([2H])(CC(C)(C)C)C(=O)C([2H])([2H])[C@@H]21. The Morgan fingerprint density at radius 2 is 2.04 bits per heavy atom. The van der Waals surface area contributed by atoms with Gasteiger partial charge in [-0.05, 0) is 41.5 Å². The number of hydrogen-bond acceptors (Lipinski definition) is 4. The van der Waals surface area contributed by atoms with Gasteiger partial charge in [-0.2, -0.15) is 0 Å². The summed E-state index contributed by atoms with van der Waals surface area (Å²) in [4.78, 5) is 14.2. The molecule has 0 aromatic heterocycles. The van der Waals surface area contributed by atoms with E-state index in [1.165, 1.54) is 0 Å². The van der Waals surface area contributed by atoms with E-state index < -0.39 is 80.1 Å². The number of fused-ring (bicyclic) bond motifs is 3. The Labute approximate surface area is 163 Å². The fourth-order valence-electron chi connectivity index (χ4n) is 3.00. The number of piperidine rings is 1. The summed E-state index contributed by atoms with van der Waals surface area (Å²) >= 11 is 0. The third-order valence-corrected chi connectivity index (χ3v) is 3.97. The number of carbonyl (C=O) groups excluding carboxylic acids is 1. The maximum Gasteiger partial charge on any atom is 0.161 e. The number of rotatable bonds is 3. The number of Topliss-reactive ketones (excluding diaryl/α,β-unsaturated/α-hetero) is 1. The molecule has 2 aliphatic rings. The lowest BCUT2D eigenvalue weighted by molar-refractivity contribution is -0.130. The third-order valence-electron chi connectivity index (χ3n) is 3.97. The summed E-state index contributed by atoms with van der Waals surface area (Å²) in [7, 11) is -6.21. The van der Waals surface area contributed by atoms with Crippen LogP contribution in [0.5, 0.6) is 11.5 Å². The van der Waals surface area contributed by atoms with E-state index in [-0.39, 0.29) is 12.0 Å². The molecule has 0 amide bonds. The van der Waals surface area contributed by atoms with Crippen LogP contribution in [-0.2, 0) is 11.2 Å². The van der Waals surface area contributed by atoms with Crippen molar-refractivity contribution in [3.8, 4) is 11.5 Å². The number of aryl methyl sites for hydroxylation is 1. The minimum absolute atomic E-state index is 0.133. The van der Waals surface area contributed by atoms with Gasteiger partial charge in [-0.1, -0.05) is 20.8 Å². The van der Waals surface area contributed by atoms with Gasteiger partial charge in [0.15, 0.2) is 11.5 Å². The van der Waals surface area contributed by atoms with Crippen LogP contribution in [0.2, 0.25) is 0 Å². The monoisotopic (exact) mass is 344 g/mol. The molecule has 0 spiro atoms. The fraction of sp³-hybridized carbons (Fsp3) is 0.650. The van der Waals surface area contributed by atoms with Gasteiger partial charge in [0, 0.05) is 40.9 Å². The van der Waals surface area contributed by atoms with Crippen molar-refractivity contribution >= 4 is 5.78 Å². The lowest BCUT2D eigenvalue weighted by Gasteiger charge is -2.44. The van der Waals surface area contributed by atoms with Gasteiger partial charge in [0.2, 0.25) is 0 Å². The minimum Gasteiger partial charge on any atom is -0.493 e. The van der Waals surface area contributed by atoms with E-state index in [1.54, 1.807) is 20.8 Å². The largest absolute Gasteiger partial charge is 0.493 e. The quantitative estimate of drug-likeness (QED) is 0.839. The Balaban J connectivity index is 2.33. The first-order valence-corrected chi connectivity index (χ1v) is 7.61. The summed E-state index contributed by atoms with van der Waals surface area (Å²) in [5.41, 5.74) is -1.46. The second-order valence-corrected chi connectivity index (χ2v) is 7.17. The zero-order valence-corrected chi connectivity index (χ0v) is 13.8. The van der Waals surface area contributed by atoms with Gasteiger partial charge in [0.25, 0.3) is 0 Å². The van der Waals surface area contributed by atoms with Crippen molar-refractivity contribution in [3.05, 3.63) is 23.3 Å². The molecule has 0 radical (unpaired) electrons. The van der Waals surface area contributed by atoms with E-state index in [9.17, 15) is 4.79 Å². The molecule has 4 heteroatoms. The molecule has 0 aliphatic carbocycles. The molecule has 1 fully saturated rings. The first kappa shape index (κ1) is 7.36. The summed E-state index contributed by atoms with van der Waals surface area (Å²) in [5, 5.41) is 0. The van der Waals surface area contributed by atoms with Crippen LogP contribution in [0.3, 0.4) is 0 Å². The lowest BCUT2D eigenvalue weighted by Crippen LogP contribution is -2.47. The highest BCUT2D eigenvalue weighted by Crippen LogP contribution is 2.43. The van der Waals surface area contributed by atoms with Crippen LogP contribution in [0.1, 0.15) is 68.6 Å². The topological polar surface area (TPSA) is 38.8 Å². The molecule has 3 rings (SSSR count). The van der Waals surface area contributed by atoms with E-state index in [1.807, 2.05) is 0 Å². The van der Waals surface area contributed by atoms with Gasteiger partial charge in [0.1, 0.15) is 5.78 Å². The van der Waals surface area contributed by atoms with Crippen LogP contribution in [0, 0.1) is 11.3 Å². The number of ketones is 1. The van der Waals surface area contributed by atoms with Crippen molar-refractivity contribution in [3.63, 3.8) is 0 Å². The average molecular weight is 345 g/mol. The summed E-state index contributed by atoms with van der Waals surface area (Å²) in [5.74, 6) is -4.62. The molecular formula is C20H29NO3. The molecule has 0 unspecified atom stereocenters. The third kappa shape index (κ3) is 3.30. The lowest BCUT2D eigenvalue weighted by atomic mass is 9.76. The summed E-state index contributed by atoms with van der Waals surface area (Å²) in [6.07, 6.45) is -5.97. The molecule has 1 aromatic rings. The second kappa shape index (κ2) is 6.40. The number of ether oxygens (including phenoxy) is 2. The number of hydrogen-bond donors (Lipinski definition) is 0. The molecule has 0 N–H and O–H groups in total. The van der Waals surface area contributed by atoms with E-state index in [0.717, 1.165) is 17.0 Å². The van der Waals surface area contributed by atoms with Gasteiger partial charge in [-0.15, -0.1) is 0 Å². The van der Waals surface area contributed by atoms with Gasteiger partial charge < -0.3 is 9.47 Å². The summed E-state index contributed by atoms with van der Waals surface area (Å²) in [6.45, 7) is 1.61. The molecule has 2 aliphatic heterocycles. The van der Waals surface area contributed by atoms with Crippen molar-refractivity contribution in [2.45, 2.75) is 46.0 Å². The van der Waals surface area contributed by atoms with E-state index in [2.05, 4.69) is 0 Å². The predicted octanol–water partition coefficient (Wildman–Crippen LogP) is 3.63. The average Bonchev–Trinajstić information content (AvgIpc) is 2.62. The van der Waals surface area contributed by atoms with E-state index in [0.29, 0.717) is 0 Å². The van der Waals surface area contributed by atoms with Crippen LogP contribution < -0.4 is 9.47 Å². The van der Waals surface area contributed by atoms with Crippen LogP contribution in [-0.4, -0.2) is 37.8 Å². The summed E-state index contributed by atoms with van der Waals surface area (Å²) in [6, 6.07) is -0.122. The number of methoxy groups -OCH3 is 2. The van der Waals surface area contributed by atoms with Crippen LogP contribution in [0.4, 0.5) is 0 Å². The molecule has 24 heavy (non-hydrogen) atoms. The first-order valence-electron chi connectivity index (χ1n) is 14.1. The Bertz CT molecular complexity index is 1090. The van der Waals surface area contributed by atoms with E-state index >= 15 is 0 Å². The molecule has 0 bridgehead atoms. The van der Waals surface area contributed by atoms with Crippen LogP contribution in [0.15, 0.2) is 12.1 Å². The molecule has 132 valence electrons. The highest BCUT2D eigenvalue weighted by molar-refractivity contribution is 5.83. The second-order valence-electron chi connectivity index (χ2n) is 7.17. The van der Waals surface area contributed by atoms with Gasteiger partial charge in [-0.25, -0.2) is 0 Å². The maximum atomic E-state index is 13.4. The normalized spacial score (nSPS) is 42.7. The fourth-order valence-corrected chi connectivity index (χ4v) is 3.00. The highest BCUT2D eigenvalue weighted by atomic mass is 16.5. The van der Waals surface area contributed by atoms with Crippen molar-refractivity contribution in [2.75, 3.05) is 27.1 Å². The standard InChI is InChI=1S/C20H29NO3/c1-20(2,3)11-14-12-21-7-6-13-8-18(23-4)19(24-5)9-15(13)16(21)10-17(14)22/h8-9,14,16H,6-7,10-12H2,1-5H3/t14-,16-/m0/s1/i4D3,5D3,6D2,7D2,10D2,14D. The van der Waals surface area contributed by atoms with Crippen molar-refractivity contribution in [1.29, 1.82) is 0 Å². The number of benzene rings is 1. The molecular weight excluding hydrogens is 302 g/mol. The Kier molecular flexibility index (Phi) is 1.96. The predicted molar refractivity (Wildman–Crippen MR) is 94.8 cm³/mol. The van der Waals surface area contributed by atoms with E-state index in [4.69, 9.17) is 27.3 Å². The van der Waals surface area contributed by atoms with Crippen LogP contribution >= 0.6 is 0 Å². The van der Waals surface area contributed by atoms with Crippen molar-refractivity contribution in [1.82, 2.24) is 4.90 Å². The Morgan fingerprint density at radius 3 is 2.71 bits per heavy atom. The molecule has 2 atom stereocenters. The molecule has 1 saturated heterocycles. The smallest absolute Gasteiger partial charge is 0.161 e. The summed E-state index contributed by atoms with van der Waals surface area (Å²) < 4.78 is 115. The molecule has 0 saturated carbocycles. The zero-order valence-electron chi connectivity index (χ0n) is 26.8. The van der Waals surface area contributed by atoms with Gasteiger partial charge in [-0.3, -0.25) is 9.69 Å². The number of nitrogens with zero attached hydrogens (tertiary/aromatic N) is 1. The maximum absolute atomic E-state index is 13.4.